The molecule has 0 aromatic rings. The fourth-order valence-electron chi connectivity index (χ4n) is 1.85. The molecule has 0 saturated carbocycles. The molecule has 0 bridgehead atoms. The average molecular weight is 186 g/mol. The normalized spacial score (nSPS) is 11.2. The van der Waals surface area contributed by atoms with Gasteiger partial charge < -0.3 is 5.11 Å². The third-order valence-electron chi connectivity index (χ3n) is 2.15. The molecule has 0 amide bonds. The molecule has 0 aromatic carbocycles. The van der Waals surface area contributed by atoms with Crippen molar-refractivity contribution in [2.75, 3.05) is 6.61 Å². The van der Waals surface area contributed by atoms with E-state index in [1.54, 1.807) is 0 Å². The van der Waals surface area contributed by atoms with Crippen molar-refractivity contribution >= 4 is 14.1 Å². The minimum atomic E-state index is -0.600. The highest BCUT2D eigenvalue weighted by molar-refractivity contribution is 6.58. The summed E-state index contributed by atoms with van der Waals surface area (Å²) in [6.07, 6.45) is 0. The Bertz CT molecular complexity index is 92.0. The summed E-state index contributed by atoms with van der Waals surface area (Å²) in [7, 11) is 0. The lowest BCUT2D eigenvalue weighted by atomic mass is 10.3. The molecule has 1 N–H and O–H groups in total. The topological polar surface area (TPSA) is 20.2 Å². The van der Waals surface area contributed by atoms with Gasteiger partial charge in [-0.15, -0.1) is 0 Å². The zero-order valence-corrected chi connectivity index (χ0v) is 10.2. The van der Waals surface area contributed by atoms with Gasteiger partial charge in [-0.2, -0.15) is 0 Å². The van der Waals surface area contributed by atoms with Gasteiger partial charge in [0.1, 0.15) is 0 Å². The smallest absolute Gasteiger partial charge is 0.265 e. The summed E-state index contributed by atoms with van der Waals surface area (Å²) >= 11 is -0.600. The van der Waals surface area contributed by atoms with Gasteiger partial charge in [0.05, 0.1) is 0 Å². The van der Waals surface area contributed by atoms with E-state index < -0.39 is 14.1 Å². The van der Waals surface area contributed by atoms with Crippen LogP contribution in [0.1, 0.15) is 27.7 Å². The average Bonchev–Trinajstić information content (AvgIpc) is 1.84. The minimum absolute atomic E-state index is 0.413. The summed E-state index contributed by atoms with van der Waals surface area (Å²) in [6, 6.07) is 0. The van der Waals surface area contributed by atoms with Crippen LogP contribution in [-0.4, -0.2) is 25.9 Å². The predicted octanol–water partition coefficient (Wildman–Crippen LogP) is 2.79. The number of aliphatic hydroxyl groups excluding tert-OH is 1. The highest BCUT2D eigenvalue weighted by atomic mass is 27.2. The Balaban J connectivity index is 3.69. The highest BCUT2D eigenvalue weighted by Gasteiger charge is 2.18. The van der Waals surface area contributed by atoms with Gasteiger partial charge in [-0.05, 0) is 0 Å². The predicted molar refractivity (Wildman–Crippen MR) is 56.9 cm³/mol. The van der Waals surface area contributed by atoms with Gasteiger partial charge >= 0.3 is 0 Å². The van der Waals surface area contributed by atoms with Crippen LogP contribution in [-0.2, 0) is 0 Å². The van der Waals surface area contributed by atoms with E-state index in [0.29, 0.717) is 6.61 Å². The molecule has 0 fully saturated rings. The molecule has 0 aromatic heterocycles. The van der Waals surface area contributed by atoms with Crippen molar-refractivity contribution in [3.63, 3.8) is 0 Å². The van der Waals surface area contributed by atoms with Crippen LogP contribution in [0.15, 0.2) is 0 Å². The molecule has 0 aliphatic heterocycles. The van der Waals surface area contributed by atoms with E-state index in [1.165, 1.54) is 10.6 Å². The first kappa shape index (κ1) is 12.5. The van der Waals surface area contributed by atoms with E-state index in [1.807, 2.05) is 0 Å². The lowest BCUT2D eigenvalue weighted by molar-refractivity contribution is 0.316. The van der Waals surface area contributed by atoms with Crippen LogP contribution in [0, 0.1) is 11.8 Å². The van der Waals surface area contributed by atoms with E-state index >= 15 is 0 Å². The van der Waals surface area contributed by atoms with Gasteiger partial charge in [-0.25, -0.2) is 0 Å². The van der Waals surface area contributed by atoms with Crippen LogP contribution in [0.25, 0.3) is 0 Å². The number of rotatable bonds is 6. The molecule has 0 radical (unpaired) electrons. The SMILES string of the molecule is CC(C)[CH2][Al]([CH2]CO)[CH2]C(C)C. The number of hydrogen-bond donors (Lipinski definition) is 1. The van der Waals surface area contributed by atoms with Gasteiger partial charge in [0.2, 0.25) is 0 Å². The first-order valence-electron chi connectivity index (χ1n) is 5.17. The Morgan fingerprint density at radius 2 is 1.42 bits per heavy atom. The van der Waals surface area contributed by atoms with Crippen molar-refractivity contribution in [2.45, 2.75) is 43.5 Å². The van der Waals surface area contributed by atoms with Gasteiger partial charge in [-0.3, -0.25) is 0 Å². The second-order valence-electron chi connectivity index (χ2n) is 4.64. The van der Waals surface area contributed by atoms with Crippen molar-refractivity contribution in [3.8, 4) is 0 Å². The Hall–Kier alpha value is 0.492. The van der Waals surface area contributed by atoms with Gasteiger partial charge in [0.25, 0.3) is 14.1 Å². The first-order valence-corrected chi connectivity index (χ1v) is 7.62. The molecule has 0 unspecified atom stereocenters. The van der Waals surface area contributed by atoms with Crippen LogP contribution >= 0.6 is 0 Å². The molecule has 1 nitrogen and oxygen atoms in total. The third-order valence-corrected chi connectivity index (χ3v) is 6.44. The molecule has 0 atom stereocenters. The fourth-order valence-corrected chi connectivity index (χ4v) is 5.54. The van der Waals surface area contributed by atoms with Crippen LogP contribution in [0.5, 0.6) is 0 Å². The number of hydrogen-bond acceptors (Lipinski definition) is 1. The summed E-state index contributed by atoms with van der Waals surface area (Å²) in [5.41, 5.74) is 0. The Labute approximate surface area is 81.6 Å². The Morgan fingerprint density at radius 3 is 1.67 bits per heavy atom. The molecule has 12 heavy (non-hydrogen) atoms. The van der Waals surface area contributed by atoms with E-state index in [9.17, 15) is 0 Å². The minimum Gasteiger partial charge on any atom is -0.398 e. The van der Waals surface area contributed by atoms with Gasteiger partial charge in [0.15, 0.2) is 0 Å². The molecule has 0 aliphatic rings. The van der Waals surface area contributed by atoms with Gasteiger partial charge in [-0.1, -0.05) is 55.4 Å². The van der Waals surface area contributed by atoms with Crippen molar-refractivity contribution < 1.29 is 5.11 Å². The lowest BCUT2D eigenvalue weighted by Crippen LogP contribution is -2.18. The zero-order chi connectivity index (χ0) is 9.56. The number of aliphatic hydroxyl groups is 1. The second-order valence-corrected chi connectivity index (χ2v) is 7.89. The van der Waals surface area contributed by atoms with E-state index in [4.69, 9.17) is 5.11 Å². The molecule has 0 spiro atoms. The third kappa shape index (κ3) is 7.16. The first-order chi connectivity index (χ1) is 5.56. The van der Waals surface area contributed by atoms with Crippen LogP contribution in [0.3, 0.4) is 0 Å². The van der Waals surface area contributed by atoms with E-state index in [0.717, 1.165) is 17.1 Å². The molecule has 0 saturated heterocycles. The summed E-state index contributed by atoms with van der Waals surface area (Å²) in [4.78, 5) is 0. The van der Waals surface area contributed by atoms with Gasteiger partial charge in [0, 0.05) is 6.61 Å². The fraction of sp³-hybridized carbons (Fsp3) is 1.00. The highest BCUT2D eigenvalue weighted by Crippen LogP contribution is 2.17. The van der Waals surface area contributed by atoms with Crippen LogP contribution in [0.2, 0.25) is 15.8 Å². The molecular formula is C10H23AlO. The van der Waals surface area contributed by atoms with Crippen molar-refractivity contribution in [2.24, 2.45) is 11.8 Å². The summed E-state index contributed by atoms with van der Waals surface area (Å²) < 4.78 is 0. The van der Waals surface area contributed by atoms with Crippen molar-refractivity contribution in [1.29, 1.82) is 0 Å². The van der Waals surface area contributed by atoms with E-state index in [2.05, 4.69) is 27.7 Å². The second kappa shape index (κ2) is 6.95. The quantitative estimate of drug-likeness (QED) is 0.632. The molecule has 72 valence electrons. The maximum absolute atomic E-state index is 8.90. The van der Waals surface area contributed by atoms with Crippen molar-refractivity contribution in [3.05, 3.63) is 0 Å². The largest absolute Gasteiger partial charge is 0.398 e. The Morgan fingerprint density at radius 1 is 1.00 bits per heavy atom. The molecule has 0 heterocycles. The molecule has 2 heteroatoms. The van der Waals surface area contributed by atoms with Crippen LogP contribution in [0.4, 0.5) is 0 Å². The summed E-state index contributed by atoms with van der Waals surface area (Å²) in [6.45, 7) is 9.57. The molecule has 0 rings (SSSR count). The maximum Gasteiger partial charge on any atom is 0.265 e. The van der Waals surface area contributed by atoms with Crippen molar-refractivity contribution in [1.82, 2.24) is 0 Å². The van der Waals surface area contributed by atoms with E-state index in [-0.39, 0.29) is 0 Å². The summed E-state index contributed by atoms with van der Waals surface area (Å²) in [5.74, 6) is 1.65. The zero-order valence-electron chi connectivity index (χ0n) is 9.01. The standard InChI is InChI=1S/2C4H9.C2H5O.Al/c2*1-4(2)3;1-2-3;/h2*4H,1H2,2-3H3;3H,1-2H2;. The monoisotopic (exact) mass is 186 g/mol. The lowest BCUT2D eigenvalue weighted by Gasteiger charge is -2.14. The molecule has 0 aliphatic carbocycles. The summed E-state index contributed by atoms with van der Waals surface area (Å²) in [5, 5.41) is 12.8. The molecular weight excluding hydrogens is 163 g/mol. The Kier molecular flexibility index (Phi) is 7.24. The maximum atomic E-state index is 8.90. The van der Waals surface area contributed by atoms with Crippen LogP contribution < -0.4 is 0 Å².